The van der Waals surface area contributed by atoms with E-state index in [2.05, 4.69) is 28.7 Å². The van der Waals surface area contributed by atoms with Crippen molar-refractivity contribution in [3.63, 3.8) is 0 Å². The molecular weight excluding hydrogens is 633 g/mol. The number of thioether (sulfide) groups is 1. The SMILES string of the molecule is CCCN1C(=O)/C(=C/c2cc(I)c(OCc3ccccc3C#N)c(OCC)c2)SC1=Nc1ccc(Cl)cc1. The standard InChI is InChI=1S/C29H25ClIN3O3S/c1-3-13-34-28(35)26(38-29(34)33-23-11-9-22(30)10-12-23)16-19-14-24(31)27(25(15-19)36-4-2)37-18-21-8-6-5-7-20(21)17-32/h5-12,14-16H,3-4,13,18H2,1-2H3/b26-16-,33-29?. The van der Waals surface area contributed by atoms with Gasteiger partial charge in [-0.1, -0.05) is 36.7 Å². The van der Waals surface area contributed by atoms with Gasteiger partial charge in [-0.2, -0.15) is 5.26 Å². The predicted octanol–water partition coefficient (Wildman–Crippen LogP) is 7.81. The van der Waals surface area contributed by atoms with Crippen molar-refractivity contribution in [3.8, 4) is 17.6 Å². The van der Waals surface area contributed by atoms with E-state index >= 15 is 0 Å². The van der Waals surface area contributed by atoms with E-state index in [0.29, 0.717) is 45.3 Å². The molecule has 1 saturated heterocycles. The summed E-state index contributed by atoms with van der Waals surface area (Å²) in [5, 5.41) is 10.7. The largest absolute Gasteiger partial charge is 0.490 e. The maximum atomic E-state index is 13.3. The first-order valence-electron chi connectivity index (χ1n) is 12.1. The van der Waals surface area contributed by atoms with Crippen LogP contribution in [0.1, 0.15) is 37.0 Å². The lowest BCUT2D eigenvalue weighted by molar-refractivity contribution is -0.122. The van der Waals surface area contributed by atoms with Gasteiger partial charge in [0, 0.05) is 17.1 Å². The fourth-order valence-corrected chi connectivity index (χ4v) is 5.70. The second-order valence-electron chi connectivity index (χ2n) is 8.26. The molecule has 194 valence electrons. The van der Waals surface area contributed by atoms with Crippen LogP contribution in [0.3, 0.4) is 0 Å². The highest BCUT2D eigenvalue weighted by atomic mass is 127. The summed E-state index contributed by atoms with van der Waals surface area (Å²) in [6, 6.07) is 20.6. The zero-order chi connectivity index (χ0) is 27.1. The average molecular weight is 658 g/mol. The molecule has 0 N–H and O–H groups in total. The molecule has 0 aliphatic carbocycles. The molecule has 3 aromatic rings. The van der Waals surface area contributed by atoms with E-state index in [9.17, 15) is 10.1 Å². The first-order valence-corrected chi connectivity index (χ1v) is 14.3. The Morgan fingerprint density at radius 2 is 1.89 bits per heavy atom. The second kappa shape index (κ2) is 13.2. The molecule has 0 spiro atoms. The third-order valence-corrected chi connectivity index (χ3v) is 7.59. The lowest BCUT2D eigenvalue weighted by Crippen LogP contribution is -2.29. The van der Waals surface area contributed by atoms with Crippen LogP contribution in [0, 0.1) is 14.9 Å². The van der Waals surface area contributed by atoms with Crippen molar-refractivity contribution in [3.05, 3.63) is 90.9 Å². The molecule has 1 aliphatic rings. The molecule has 0 bridgehead atoms. The van der Waals surface area contributed by atoms with Crippen LogP contribution < -0.4 is 9.47 Å². The second-order valence-corrected chi connectivity index (χ2v) is 10.9. The molecule has 3 aromatic carbocycles. The highest BCUT2D eigenvalue weighted by Crippen LogP contribution is 2.38. The van der Waals surface area contributed by atoms with Crippen LogP contribution >= 0.6 is 46.0 Å². The summed E-state index contributed by atoms with van der Waals surface area (Å²) in [6.45, 7) is 5.21. The summed E-state index contributed by atoms with van der Waals surface area (Å²) in [5.41, 5.74) is 2.93. The molecule has 6 nitrogen and oxygen atoms in total. The Bertz CT molecular complexity index is 1430. The number of hydrogen-bond donors (Lipinski definition) is 0. The number of amidine groups is 1. The molecule has 1 aliphatic heterocycles. The molecule has 9 heteroatoms. The maximum Gasteiger partial charge on any atom is 0.266 e. The van der Waals surface area contributed by atoms with E-state index in [4.69, 9.17) is 26.1 Å². The topological polar surface area (TPSA) is 74.9 Å². The van der Waals surface area contributed by atoms with Gasteiger partial charge in [0.1, 0.15) is 6.61 Å². The quantitative estimate of drug-likeness (QED) is 0.173. The first kappa shape index (κ1) is 28.0. The van der Waals surface area contributed by atoms with Crippen molar-refractivity contribution in [1.82, 2.24) is 4.90 Å². The molecule has 1 heterocycles. The summed E-state index contributed by atoms with van der Waals surface area (Å²) < 4.78 is 12.9. The van der Waals surface area contributed by atoms with Gasteiger partial charge in [0.25, 0.3) is 5.91 Å². The highest BCUT2D eigenvalue weighted by Gasteiger charge is 2.33. The minimum absolute atomic E-state index is 0.0778. The number of benzene rings is 3. The van der Waals surface area contributed by atoms with E-state index in [1.807, 2.05) is 62.4 Å². The lowest BCUT2D eigenvalue weighted by Gasteiger charge is -2.15. The Morgan fingerprint density at radius 3 is 2.61 bits per heavy atom. The van der Waals surface area contributed by atoms with Gasteiger partial charge in [-0.25, -0.2) is 4.99 Å². The van der Waals surface area contributed by atoms with E-state index in [1.54, 1.807) is 23.1 Å². The summed E-state index contributed by atoms with van der Waals surface area (Å²) in [6.07, 6.45) is 2.67. The first-order chi connectivity index (χ1) is 18.4. The monoisotopic (exact) mass is 657 g/mol. The number of rotatable bonds is 9. The van der Waals surface area contributed by atoms with Crippen LogP contribution in [0.25, 0.3) is 6.08 Å². The number of nitriles is 1. The Balaban J connectivity index is 1.63. The fourth-order valence-electron chi connectivity index (χ4n) is 3.77. The van der Waals surface area contributed by atoms with Crippen LogP contribution in [-0.2, 0) is 11.4 Å². The Hall–Kier alpha value is -3.00. The van der Waals surface area contributed by atoms with Gasteiger partial charge < -0.3 is 9.47 Å². The number of halogens is 2. The van der Waals surface area contributed by atoms with Gasteiger partial charge in [-0.15, -0.1) is 0 Å². The van der Waals surface area contributed by atoms with Crippen LogP contribution in [0.5, 0.6) is 11.5 Å². The van der Waals surface area contributed by atoms with Crippen LogP contribution in [0.15, 0.2) is 70.6 Å². The smallest absolute Gasteiger partial charge is 0.266 e. The van der Waals surface area contributed by atoms with Gasteiger partial charge >= 0.3 is 0 Å². The molecule has 0 aromatic heterocycles. The van der Waals surface area contributed by atoms with Crippen LogP contribution in [0.2, 0.25) is 5.02 Å². The number of ether oxygens (including phenoxy) is 2. The van der Waals surface area contributed by atoms with Crippen LogP contribution in [-0.4, -0.2) is 29.1 Å². The number of nitrogens with zero attached hydrogens (tertiary/aromatic N) is 3. The molecule has 0 atom stereocenters. The Morgan fingerprint density at radius 1 is 1.13 bits per heavy atom. The van der Waals surface area contributed by atoms with Crippen molar-refractivity contribution in [2.45, 2.75) is 26.9 Å². The Kier molecular flexibility index (Phi) is 9.72. The third kappa shape index (κ3) is 6.70. The van der Waals surface area contributed by atoms with Crippen molar-refractivity contribution >= 4 is 68.8 Å². The van der Waals surface area contributed by atoms with Crippen molar-refractivity contribution in [1.29, 1.82) is 5.26 Å². The molecule has 4 rings (SSSR count). The van der Waals surface area contributed by atoms with Crippen molar-refractivity contribution < 1.29 is 14.3 Å². The zero-order valence-corrected chi connectivity index (χ0v) is 24.6. The number of amides is 1. The number of carbonyl (C=O) groups is 1. The van der Waals surface area contributed by atoms with Gasteiger partial charge in [0.15, 0.2) is 16.7 Å². The van der Waals surface area contributed by atoms with Crippen molar-refractivity contribution in [2.24, 2.45) is 4.99 Å². The van der Waals surface area contributed by atoms with Crippen LogP contribution in [0.4, 0.5) is 5.69 Å². The van der Waals surface area contributed by atoms with E-state index in [0.717, 1.165) is 26.8 Å². The summed E-state index contributed by atoms with van der Waals surface area (Å²) >= 11 is 9.56. The third-order valence-electron chi connectivity index (χ3n) is 5.53. The number of carbonyl (C=O) groups excluding carboxylic acids is 1. The Labute approximate surface area is 245 Å². The molecule has 1 fully saturated rings. The molecule has 1 amide bonds. The average Bonchev–Trinajstić information content (AvgIpc) is 3.19. The van der Waals surface area contributed by atoms with E-state index in [-0.39, 0.29) is 12.5 Å². The van der Waals surface area contributed by atoms with Gasteiger partial charge in [0.05, 0.1) is 32.4 Å². The normalized spacial score (nSPS) is 15.2. The molecule has 0 saturated carbocycles. The minimum atomic E-state index is -0.0778. The summed E-state index contributed by atoms with van der Waals surface area (Å²) in [5.74, 6) is 1.10. The van der Waals surface area contributed by atoms with E-state index < -0.39 is 0 Å². The van der Waals surface area contributed by atoms with Gasteiger partial charge in [0.2, 0.25) is 0 Å². The van der Waals surface area contributed by atoms with Crippen molar-refractivity contribution in [2.75, 3.05) is 13.2 Å². The predicted molar refractivity (Wildman–Crippen MR) is 162 cm³/mol. The minimum Gasteiger partial charge on any atom is -0.490 e. The zero-order valence-electron chi connectivity index (χ0n) is 20.9. The highest BCUT2D eigenvalue weighted by molar-refractivity contribution is 14.1. The van der Waals surface area contributed by atoms with E-state index in [1.165, 1.54) is 11.8 Å². The van der Waals surface area contributed by atoms with Gasteiger partial charge in [-0.05, 0) is 102 Å². The fraction of sp³-hybridized carbons (Fsp3) is 0.207. The molecule has 0 unspecified atom stereocenters. The molecule has 38 heavy (non-hydrogen) atoms. The molecular formula is C29H25ClIN3O3S. The summed E-state index contributed by atoms with van der Waals surface area (Å²) in [7, 11) is 0. The maximum absolute atomic E-state index is 13.3. The number of hydrogen-bond acceptors (Lipinski definition) is 6. The molecule has 0 radical (unpaired) electrons. The number of aliphatic imine (C=N–C) groups is 1. The van der Waals surface area contributed by atoms with Gasteiger partial charge in [-0.3, -0.25) is 9.69 Å². The lowest BCUT2D eigenvalue weighted by atomic mass is 10.1. The summed E-state index contributed by atoms with van der Waals surface area (Å²) in [4.78, 5) is 20.3.